The van der Waals surface area contributed by atoms with Gasteiger partial charge in [-0.2, -0.15) is 4.98 Å². The standard InChI is InChI=1S/C13H17N3O/c1-8(2)11(14)13-15-12(16-17-13)10-6-4-5-9(3)7-10/h4-8,11H,14H2,1-3H3/t11-/m1/s1. The predicted molar refractivity (Wildman–Crippen MR) is 66.2 cm³/mol. The molecule has 1 aromatic carbocycles. The lowest BCUT2D eigenvalue weighted by molar-refractivity contribution is 0.325. The molecule has 0 fully saturated rings. The first kappa shape index (κ1) is 11.8. The van der Waals surface area contributed by atoms with E-state index in [0.717, 1.165) is 5.56 Å². The molecule has 4 nitrogen and oxygen atoms in total. The highest BCUT2D eigenvalue weighted by atomic mass is 16.5. The van der Waals surface area contributed by atoms with Gasteiger partial charge in [-0.15, -0.1) is 0 Å². The van der Waals surface area contributed by atoms with Crippen molar-refractivity contribution in [2.24, 2.45) is 11.7 Å². The van der Waals surface area contributed by atoms with Crippen LogP contribution in [0.2, 0.25) is 0 Å². The van der Waals surface area contributed by atoms with Crippen molar-refractivity contribution >= 4 is 0 Å². The normalized spacial score (nSPS) is 13.0. The van der Waals surface area contributed by atoms with Crippen molar-refractivity contribution in [1.29, 1.82) is 0 Å². The second-order valence-corrected chi connectivity index (χ2v) is 4.60. The van der Waals surface area contributed by atoms with Gasteiger partial charge in [0.2, 0.25) is 11.7 Å². The van der Waals surface area contributed by atoms with Gasteiger partial charge in [-0.05, 0) is 18.9 Å². The average molecular weight is 231 g/mol. The summed E-state index contributed by atoms with van der Waals surface area (Å²) in [6.07, 6.45) is 0. The summed E-state index contributed by atoms with van der Waals surface area (Å²) in [4.78, 5) is 4.34. The van der Waals surface area contributed by atoms with Crippen LogP contribution in [0.15, 0.2) is 28.8 Å². The van der Waals surface area contributed by atoms with Crippen LogP contribution in [0.3, 0.4) is 0 Å². The fourth-order valence-corrected chi connectivity index (χ4v) is 1.56. The van der Waals surface area contributed by atoms with E-state index in [1.54, 1.807) is 0 Å². The van der Waals surface area contributed by atoms with Gasteiger partial charge in [-0.25, -0.2) is 0 Å². The molecule has 1 aromatic heterocycles. The minimum Gasteiger partial charge on any atom is -0.337 e. The third-order valence-electron chi connectivity index (χ3n) is 2.72. The summed E-state index contributed by atoms with van der Waals surface area (Å²) in [5.41, 5.74) is 8.09. The number of aromatic nitrogens is 2. The van der Waals surface area contributed by atoms with E-state index < -0.39 is 0 Å². The third-order valence-corrected chi connectivity index (χ3v) is 2.72. The van der Waals surface area contributed by atoms with Crippen molar-refractivity contribution in [2.45, 2.75) is 26.8 Å². The Kier molecular flexibility index (Phi) is 3.24. The zero-order valence-electron chi connectivity index (χ0n) is 10.3. The van der Waals surface area contributed by atoms with Crippen molar-refractivity contribution in [3.05, 3.63) is 35.7 Å². The summed E-state index contributed by atoms with van der Waals surface area (Å²) in [6, 6.07) is 7.78. The Hall–Kier alpha value is -1.68. The van der Waals surface area contributed by atoms with E-state index in [9.17, 15) is 0 Å². The highest BCUT2D eigenvalue weighted by Crippen LogP contribution is 2.21. The molecule has 0 amide bonds. The van der Waals surface area contributed by atoms with Crippen LogP contribution in [0, 0.1) is 12.8 Å². The van der Waals surface area contributed by atoms with Crippen LogP contribution in [0.25, 0.3) is 11.4 Å². The zero-order valence-corrected chi connectivity index (χ0v) is 10.3. The van der Waals surface area contributed by atoms with Gasteiger partial charge in [-0.1, -0.05) is 42.8 Å². The Balaban J connectivity index is 2.30. The Morgan fingerprint density at radius 3 is 2.71 bits per heavy atom. The van der Waals surface area contributed by atoms with Crippen molar-refractivity contribution < 1.29 is 4.52 Å². The van der Waals surface area contributed by atoms with Crippen LogP contribution in [0.4, 0.5) is 0 Å². The van der Waals surface area contributed by atoms with Crippen molar-refractivity contribution in [2.75, 3.05) is 0 Å². The van der Waals surface area contributed by atoms with Crippen LogP contribution >= 0.6 is 0 Å². The third kappa shape index (κ3) is 2.53. The van der Waals surface area contributed by atoms with E-state index >= 15 is 0 Å². The predicted octanol–water partition coefficient (Wildman–Crippen LogP) is 2.70. The maximum absolute atomic E-state index is 5.96. The van der Waals surface area contributed by atoms with Gasteiger partial charge in [0.25, 0.3) is 0 Å². The van der Waals surface area contributed by atoms with E-state index in [-0.39, 0.29) is 12.0 Å². The SMILES string of the molecule is Cc1cccc(-c2noc([C@H](N)C(C)C)n2)c1. The minimum atomic E-state index is -0.207. The van der Waals surface area contributed by atoms with Gasteiger partial charge in [0.1, 0.15) is 0 Å². The van der Waals surface area contributed by atoms with Gasteiger partial charge in [0.15, 0.2) is 0 Å². The molecule has 0 bridgehead atoms. The number of aryl methyl sites for hydroxylation is 1. The lowest BCUT2D eigenvalue weighted by Crippen LogP contribution is -2.16. The molecule has 90 valence electrons. The highest BCUT2D eigenvalue weighted by molar-refractivity contribution is 5.55. The molecule has 0 unspecified atom stereocenters. The molecule has 0 aliphatic rings. The Bertz CT molecular complexity index is 505. The molecule has 0 saturated carbocycles. The smallest absolute Gasteiger partial charge is 0.244 e. The molecule has 4 heteroatoms. The monoisotopic (exact) mass is 231 g/mol. The fourth-order valence-electron chi connectivity index (χ4n) is 1.56. The summed E-state index contributed by atoms with van der Waals surface area (Å²) >= 11 is 0. The molecule has 2 aromatic rings. The minimum absolute atomic E-state index is 0.207. The van der Waals surface area contributed by atoms with Gasteiger partial charge in [0, 0.05) is 5.56 Å². The second-order valence-electron chi connectivity index (χ2n) is 4.60. The second kappa shape index (κ2) is 4.67. The van der Waals surface area contributed by atoms with Gasteiger partial charge in [-0.3, -0.25) is 0 Å². The van der Waals surface area contributed by atoms with Crippen LogP contribution in [-0.4, -0.2) is 10.1 Å². The first-order valence-electron chi connectivity index (χ1n) is 5.74. The molecule has 0 radical (unpaired) electrons. The molecule has 2 N–H and O–H groups in total. The van der Waals surface area contributed by atoms with Gasteiger partial charge >= 0.3 is 0 Å². The van der Waals surface area contributed by atoms with Crippen LogP contribution in [-0.2, 0) is 0 Å². The molecule has 0 saturated heterocycles. The summed E-state index contributed by atoms with van der Waals surface area (Å²) < 4.78 is 5.20. The number of rotatable bonds is 3. The lowest BCUT2D eigenvalue weighted by atomic mass is 10.1. The van der Waals surface area contributed by atoms with Crippen molar-refractivity contribution in [3.8, 4) is 11.4 Å². The number of hydrogen-bond donors (Lipinski definition) is 1. The molecule has 0 spiro atoms. The first-order chi connectivity index (χ1) is 8.08. The average Bonchev–Trinajstić information content (AvgIpc) is 2.77. The molecule has 0 aliphatic heterocycles. The summed E-state index contributed by atoms with van der Waals surface area (Å²) in [7, 11) is 0. The molecule has 1 heterocycles. The van der Waals surface area contributed by atoms with Crippen LogP contribution < -0.4 is 5.73 Å². The van der Waals surface area contributed by atoms with E-state index in [1.807, 2.05) is 45.0 Å². The van der Waals surface area contributed by atoms with Crippen LogP contribution in [0.5, 0.6) is 0 Å². The molecular formula is C13H17N3O. The van der Waals surface area contributed by atoms with E-state index in [0.29, 0.717) is 11.7 Å². The summed E-state index contributed by atoms with van der Waals surface area (Å²) in [5.74, 6) is 1.37. The molecule has 17 heavy (non-hydrogen) atoms. The van der Waals surface area contributed by atoms with E-state index in [1.165, 1.54) is 5.56 Å². The van der Waals surface area contributed by atoms with Crippen molar-refractivity contribution in [1.82, 2.24) is 10.1 Å². The maximum atomic E-state index is 5.96. The summed E-state index contributed by atoms with van der Waals surface area (Å²) in [5, 5.41) is 3.96. The first-order valence-corrected chi connectivity index (χ1v) is 5.74. The van der Waals surface area contributed by atoms with E-state index in [4.69, 9.17) is 10.3 Å². The molecule has 2 rings (SSSR count). The zero-order chi connectivity index (χ0) is 12.4. The number of nitrogens with two attached hydrogens (primary N) is 1. The topological polar surface area (TPSA) is 64.9 Å². The maximum Gasteiger partial charge on any atom is 0.244 e. The Morgan fingerprint density at radius 1 is 1.29 bits per heavy atom. The highest BCUT2D eigenvalue weighted by Gasteiger charge is 2.18. The fraction of sp³-hybridized carbons (Fsp3) is 0.385. The number of benzene rings is 1. The van der Waals surface area contributed by atoms with Gasteiger partial charge in [0.05, 0.1) is 6.04 Å². The van der Waals surface area contributed by atoms with Crippen molar-refractivity contribution in [3.63, 3.8) is 0 Å². The molecule has 1 atom stereocenters. The molecular weight excluding hydrogens is 214 g/mol. The lowest BCUT2D eigenvalue weighted by Gasteiger charge is -2.09. The van der Waals surface area contributed by atoms with Crippen LogP contribution in [0.1, 0.15) is 31.3 Å². The molecule has 0 aliphatic carbocycles. The summed E-state index contributed by atoms with van der Waals surface area (Å²) in [6.45, 7) is 6.09. The quantitative estimate of drug-likeness (QED) is 0.882. The number of nitrogens with zero attached hydrogens (tertiary/aromatic N) is 2. The van der Waals surface area contributed by atoms with E-state index in [2.05, 4.69) is 10.1 Å². The Labute approximate surface area is 101 Å². The Morgan fingerprint density at radius 2 is 2.06 bits per heavy atom. The largest absolute Gasteiger partial charge is 0.337 e. The number of hydrogen-bond acceptors (Lipinski definition) is 4. The van der Waals surface area contributed by atoms with Gasteiger partial charge < -0.3 is 10.3 Å².